The fourth-order valence-corrected chi connectivity index (χ4v) is 2.01. The molecule has 0 unspecified atom stereocenters. The van der Waals surface area contributed by atoms with Gasteiger partial charge >= 0.3 is 36.3 Å². The van der Waals surface area contributed by atoms with E-state index < -0.39 is 0 Å². The zero-order valence-electron chi connectivity index (χ0n) is 6.25. The second kappa shape index (κ2) is 12.6. The van der Waals surface area contributed by atoms with Gasteiger partial charge in [0.15, 0.2) is 0 Å². The summed E-state index contributed by atoms with van der Waals surface area (Å²) < 4.78 is 0. The molecule has 0 atom stereocenters. The van der Waals surface area contributed by atoms with Crippen molar-refractivity contribution in [1.82, 2.24) is 0 Å². The Labute approximate surface area is 82.8 Å². The summed E-state index contributed by atoms with van der Waals surface area (Å²) in [6.45, 7) is 6.87. The molecule has 0 aromatic heterocycles. The minimum absolute atomic E-state index is 0.446. The van der Waals surface area contributed by atoms with Gasteiger partial charge in [-0.25, -0.2) is 0 Å². The average molecular weight is 442 g/mol. The Morgan fingerprint density at radius 1 is 1.00 bits per heavy atom. The van der Waals surface area contributed by atoms with Crippen LogP contribution in [0.1, 0.15) is 20.8 Å². The monoisotopic (exact) mass is 442 g/mol. The van der Waals surface area contributed by atoms with Gasteiger partial charge in [0, 0.05) is 0 Å². The Bertz CT molecular complexity index is 34.5. The molecule has 0 N–H and O–H groups in total. The molecule has 0 radical (unpaired) electrons. The van der Waals surface area contributed by atoms with Crippen LogP contribution >= 0.6 is 26.9 Å². The summed E-state index contributed by atoms with van der Waals surface area (Å²) in [6, 6.07) is 0. The van der Waals surface area contributed by atoms with Crippen molar-refractivity contribution >= 4 is 26.9 Å². The summed E-state index contributed by atoms with van der Waals surface area (Å²) in [6.07, 6.45) is 4.26. The van der Waals surface area contributed by atoms with Crippen LogP contribution < -0.4 is 0 Å². The predicted octanol–water partition coefficient (Wildman–Crippen LogP) is 3.41. The van der Waals surface area contributed by atoms with Crippen molar-refractivity contribution in [3.63, 3.8) is 0 Å². The van der Waals surface area contributed by atoms with Crippen LogP contribution in [0.5, 0.6) is 0 Å². The summed E-state index contributed by atoms with van der Waals surface area (Å²) in [4.78, 5) is 0. The molecule has 0 aliphatic carbocycles. The predicted molar refractivity (Wildman–Crippen MR) is 52.6 cm³/mol. The molecule has 9 heavy (non-hydrogen) atoms. The molecule has 0 saturated carbocycles. The van der Waals surface area contributed by atoms with Gasteiger partial charge < -0.3 is 0 Å². The van der Waals surface area contributed by atoms with E-state index in [9.17, 15) is 0 Å². The topological polar surface area (TPSA) is 0 Å². The first-order chi connectivity index (χ1) is 4.35. The van der Waals surface area contributed by atoms with Gasteiger partial charge in [-0.3, -0.25) is 0 Å². The summed E-state index contributed by atoms with van der Waals surface area (Å²) >= 11 is 4.34. The van der Waals surface area contributed by atoms with E-state index in [1.807, 2.05) is 0 Å². The zero-order valence-corrected chi connectivity index (χ0v) is 11.5. The van der Waals surface area contributed by atoms with Crippen molar-refractivity contribution in [3.05, 3.63) is 0 Å². The SMILES string of the molecule is CCP(CC)CC.[I][Au]. The molecule has 0 fully saturated rings. The molecule has 0 amide bonds. The van der Waals surface area contributed by atoms with Gasteiger partial charge in [0.05, 0.1) is 0 Å². The number of halogens is 1. The van der Waals surface area contributed by atoms with Crippen molar-refractivity contribution in [1.29, 1.82) is 0 Å². The van der Waals surface area contributed by atoms with Crippen molar-refractivity contribution in [2.75, 3.05) is 18.5 Å². The van der Waals surface area contributed by atoms with E-state index in [1.54, 1.807) is 0 Å². The van der Waals surface area contributed by atoms with E-state index in [0.29, 0.717) is 7.92 Å². The van der Waals surface area contributed by atoms with E-state index in [-0.39, 0.29) is 0 Å². The van der Waals surface area contributed by atoms with Crippen LogP contribution in [0, 0.1) is 0 Å². The molecule has 0 rings (SSSR count). The van der Waals surface area contributed by atoms with Crippen LogP contribution in [0.3, 0.4) is 0 Å². The maximum absolute atomic E-state index is 2.29. The molecule has 62 valence electrons. The van der Waals surface area contributed by atoms with Gasteiger partial charge in [-0.1, -0.05) is 20.8 Å². The Morgan fingerprint density at radius 3 is 1.22 bits per heavy atom. The first-order valence-corrected chi connectivity index (χ1v) is 11.2. The van der Waals surface area contributed by atoms with Gasteiger partial charge in [-0.2, -0.15) is 0 Å². The van der Waals surface area contributed by atoms with E-state index >= 15 is 0 Å². The third-order valence-corrected chi connectivity index (χ3v) is 4.02. The molecule has 0 spiro atoms. The Balaban J connectivity index is 0. The Hall–Kier alpha value is 1.90. The molecule has 0 aromatic carbocycles. The van der Waals surface area contributed by atoms with Crippen LogP contribution in [-0.2, 0) is 17.3 Å². The first kappa shape index (κ1) is 13.5. The molecule has 0 aromatic rings. The molecular weight excluding hydrogens is 427 g/mol. The molecule has 0 saturated heterocycles. The van der Waals surface area contributed by atoms with Gasteiger partial charge in [0.25, 0.3) is 0 Å². The van der Waals surface area contributed by atoms with E-state index in [4.69, 9.17) is 0 Å². The normalized spacial score (nSPS) is 8.78. The Morgan fingerprint density at radius 2 is 1.22 bits per heavy atom. The van der Waals surface area contributed by atoms with E-state index in [0.717, 1.165) is 0 Å². The molecular formula is C6H15AuIP. The number of rotatable bonds is 3. The minimum atomic E-state index is 0.446. The molecule has 3 heteroatoms. The van der Waals surface area contributed by atoms with Crippen molar-refractivity contribution in [2.45, 2.75) is 20.8 Å². The maximum atomic E-state index is 2.29. The second-order valence-electron chi connectivity index (χ2n) is 1.62. The third-order valence-electron chi connectivity index (χ3n) is 1.34. The van der Waals surface area contributed by atoms with Crippen LogP contribution in [0.15, 0.2) is 0 Å². The number of hydrogen-bond donors (Lipinski definition) is 0. The van der Waals surface area contributed by atoms with E-state index in [2.05, 4.69) is 57.0 Å². The van der Waals surface area contributed by atoms with E-state index in [1.165, 1.54) is 18.5 Å². The van der Waals surface area contributed by atoms with Crippen molar-refractivity contribution in [3.8, 4) is 0 Å². The van der Waals surface area contributed by atoms with Crippen LogP contribution in [-0.4, -0.2) is 18.5 Å². The van der Waals surface area contributed by atoms with Gasteiger partial charge in [-0.15, -0.1) is 7.92 Å². The summed E-state index contributed by atoms with van der Waals surface area (Å²) in [5.41, 5.74) is 0. The molecule has 0 aliphatic heterocycles. The standard InChI is InChI=1S/C6H15P.Au.HI/c1-4-7(5-2)6-3;;/h4-6H2,1-3H3;;1H/q;+1;/p-1. The van der Waals surface area contributed by atoms with Crippen LogP contribution in [0.25, 0.3) is 0 Å². The van der Waals surface area contributed by atoms with Gasteiger partial charge in [0.2, 0.25) is 0 Å². The molecule has 0 bridgehead atoms. The molecule has 0 heterocycles. The quantitative estimate of drug-likeness (QED) is 0.357. The summed E-state index contributed by atoms with van der Waals surface area (Å²) in [5, 5.41) is 0. The fourth-order valence-electron chi connectivity index (χ4n) is 0.671. The number of hydrogen-bond acceptors (Lipinski definition) is 0. The van der Waals surface area contributed by atoms with Gasteiger partial charge in [-0.05, 0) is 18.5 Å². The fraction of sp³-hybridized carbons (Fsp3) is 1.00. The molecule has 0 nitrogen and oxygen atoms in total. The van der Waals surface area contributed by atoms with Gasteiger partial charge in [0.1, 0.15) is 0 Å². The van der Waals surface area contributed by atoms with Crippen LogP contribution in [0.2, 0.25) is 0 Å². The third kappa shape index (κ3) is 9.90. The summed E-state index contributed by atoms with van der Waals surface area (Å²) in [5.74, 6) is 0. The molecule has 0 aliphatic rings. The van der Waals surface area contributed by atoms with Crippen molar-refractivity contribution in [2.24, 2.45) is 0 Å². The van der Waals surface area contributed by atoms with Crippen molar-refractivity contribution < 1.29 is 17.3 Å². The second-order valence-corrected chi connectivity index (χ2v) is 4.86. The van der Waals surface area contributed by atoms with Crippen LogP contribution in [0.4, 0.5) is 0 Å². The zero-order chi connectivity index (χ0) is 7.70. The summed E-state index contributed by atoms with van der Waals surface area (Å²) in [7, 11) is 0.446. The average Bonchev–Trinajstić information content (AvgIpc) is 1.96. The first-order valence-electron chi connectivity index (χ1n) is 3.18. The Kier molecular flexibility index (Phi) is 18.8.